The Morgan fingerprint density at radius 1 is 1.38 bits per heavy atom. The van der Waals surface area contributed by atoms with Gasteiger partial charge in [-0.3, -0.25) is 0 Å². The van der Waals surface area contributed by atoms with Crippen molar-refractivity contribution in [3.63, 3.8) is 0 Å². The Morgan fingerprint density at radius 3 is 2.69 bits per heavy atom. The van der Waals surface area contributed by atoms with Crippen LogP contribution in [0.5, 0.6) is 0 Å². The van der Waals surface area contributed by atoms with E-state index in [9.17, 15) is 0 Å². The number of hydrogen-bond acceptors (Lipinski definition) is 1. The van der Waals surface area contributed by atoms with E-state index in [4.69, 9.17) is 4.74 Å². The molecule has 0 N–H and O–H groups in total. The Hall–Kier alpha value is -0.820. The molecule has 0 aromatic heterocycles. The van der Waals surface area contributed by atoms with Crippen molar-refractivity contribution in [2.45, 2.75) is 32.8 Å². The molecule has 1 unspecified atom stereocenters. The molecule has 0 bridgehead atoms. The zero-order chi connectivity index (χ0) is 9.68. The smallest absolute Gasteiger partial charge is 0.0609 e. The van der Waals surface area contributed by atoms with E-state index in [1.165, 1.54) is 11.1 Å². The zero-order valence-electron chi connectivity index (χ0n) is 8.71. The highest BCUT2D eigenvalue weighted by Gasteiger charge is 2.04. The van der Waals surface area contributed by atoms with Crippen LogP contribution < -0.4 is 0 Å². The predicted molar refractivity (Wildman–Crippen MR) is 56.0 cm³/mol. The molecular formula is C12H18O. The van der Waals surface area contributed by atoms with Crippen LogP contribution in [-0.2, 0) is 11.2 Å². The van der Waals surface area contributed by atoms with Crippen molar-refractivity contribution in [2.24, 2.45) is 0 Å². The van der Waals surface area contributed by atoms with Crippen molar-refractivity contribution in [3.05, 3.63) is 35.4 Å². The fourth-order valence-corrected chi connectivity index (χ4v) is 1.50. The third-order valence-corrected chi connectivity index (χ3v) is 2.33. The normalized spacial score (nSPS) is 12.8. The molecule has 1 rings (SSSR count). The first kappa shape index (κ1) is 10.3. The first-order chi connectivity index (χ1) is 6.26. The third kappa shape index (κ3) is 3.19. The summed E-state index contributed by atoms with van der Waals surface area (Å²) in [4.78, 5) is 0. The summed E-state index contributed by atoms with van der Waals surface area (Å²) in [7, 11) is 1.78. The zero-order valence-corrected chi connectivity index (χ0v) is 8.71. The van der Waals surface area contributed by atoms with E-state index in [0.29, 0.717) is 6.10 Å². The van der Waals surface area contributed by atoms with Crippen molar-refractivity contribution in [3.8, 4) is 0 Å². The molecule has 0 saturated heterocycles. The average Bonchev–Trinajstić information content (AvgIpc) is 2.14. The number of benzene rings is 1. The standard InChI is InChI=1S/C12H18O/c1-4-12(13-3)9-11-7-5-6-10(2)8-11/h5-8,12H,4,9H2,1-3H3. The quantitative estimate of drug-likeness (QED) is 0.688. The SMILES string of the molecule is CCC(Cc1cccc(C)c1)OC. The van der Waals surface area contributed by atoms with Crippen LogP contribution in [0.1, 0.15) is 24.5 Å². The molecule has 0 aliphatic rings. The molecule has 0 saturated carbocycles. The van der Waals surface area contributed by atoms with Gasteiger partial charge < -0.3 is 4.74 Å². The molecule has 1 aromatic carbocycles. The molecule has 1 aromatic rings. The van der Waals surface area contributed by atoms with Gasteiger partial charge in [-0.25, -0.2) is 0 Å². The largest absolute Gasteiger partial charge is 0.381 e. The van der Waals surface area contributed by atoms with Crippen LogP contribution in [0.4, 0.5) is 0 Å². The summed E-state index contributed by atoms with van der Waals surface area (Å²) < 4.78 is 5.34. The number of hydrogen-bond donors (Lipinski definition) is 0. The van der Waals surface area contributed by atoms with E-state index >= 15 is 0 Å². The van der Waals surface area contributed by atoms with Crippen LogP contribution in [0, 0.1) is 6.92 Å². The van der Waals surface area contributed by atoms with Crippen LogP contribution in [0.2, 0.25) is 0 Å². The lowest BCUT2D eigenvalue weighted by Gasteiger charge is -2.12. The van der Waals surface area contributed by atoms with Crippen LogP contribution >= 0.6 is 0 Å². The summed E-state index contributed by atoms with van der Waals surface area (Å²) in [5, 5.41) is 0. The molecule has 0 heterocycles. The van der Waals surface area contributed by atoms with Crippen molar-refractivity contribution in [1.82, 2.24) is 0 Å². The molecule has 1 heteroatoms. The van der Waals surface area contributed by atoms with Gasteiger partial charge in [0.1, 0.15) is 0 Å². The molecule has 0 fully saturated rings. The number of methoxy groups -OCH3 is 1. The minimum Gasteiger partial charge on any atom is -0.381 e. The predicted octanol–water partition coefficient (Wildman–Crippen LogP) is 2.96. The highest BCUT2D eigenvalue weighted by molar-refractivity contribution is 5.22. The fourth-order valence-electron chi connectivity index (χ4n) is 1.50. The highest BCUT2D eigenvalue weighted by atomic mass is 16.5. The molecule has 0 radical (unpaired) electrons. The Morgan fingerprint density at radius 2 is 2.15 bits per heavy atom. The average molecular weight is 178 g/mol. The third-order valence-electron chi connectivity index (χ3n) is 2.33. The lowest BCUT2D eigenvalue weighted by molar-refractivity contribution is 0.0998. The van der Waals surface area contributed by atoms with Gasteiger partial charge in [0, 0.05) is 7.11 Å². The van der Waals surface area contributed by atoms with E-state index in [-0.39, 0.29) is 0 Å². The lowest BCUT2D eigenvalue weighted by atomic mass is 10.0. The molecule has 0 aliphatic carbocycles. The van der Waals surface area contributed by atoms with E-state index in [1.807, 2.05) is 0 Å². The van der Waals surface area contributed by atoms with E-state index in [1.54, 1.807) is 7.11 Å². The summed E-state index contributed by atoms with van der Waals surface area (Å²) in [6.45, 7) is 4.28. The summed E-state index contributed by atoms with van der Waals surface area (Å²) >= 11 is 0. The van der Waals surface area contributed by atoms with Gasteiger partial charge in [0.2, 0.25) is 0 Å². The molecule has 0 spiro atoms. The molecule has 1 nitrogen and oxygen atoms in total. The van der Waals surface area contributed by atoms with Crippen molar-refractivity contribution >= 4 is 0 Å². The monoisotopic (exact) mass is 178 g/mol. The van der Waals surface area contributed by atoms with Gasteiger partial charge in [0.15, 0.2) is 0 Å². The topological polar surface area (TPSA) is 9.23 Å². The van der Waals surface area contributed by atoms with Gasteiger partial charge in [0.25, 0.3) is 0 Å². The summed E-state index contributed by atoms with van der Waals surface area (Å²) in [5.74, 6) is 0. The molecule has 0 aliphatic heterocycles. The Labute approximate surface area is 80.7 Å². The second-order valence-corrected chi connectivity index (χ2v) is 3.46. The van der Waals surface area contributed by atoms with Crippen LogP contribution in [0.15, 0.2) is 24.3 Å². The minimum atomic E-state index is 0.363. The number of aryl methyl sites for hydroxylation is 1. The van der Waals surface area contributed by atoms with Gasteiger partial charge in [-0.15, -0.1) is 0 Å². The Kier molecular flexibility index (Phi) is 3.97. The highest BCUT2D eigenvalue weighted by Crippen LogP contribution is 2.10. The second-order valence-electron chi connectivity index (χ2n) is 3.46. The van der Waals surface area contributed by atoms with Crippen molar-refractivity contribution < 1.29 is 4.74 Å². The molecule has 1 atom stereocenters. The second kappa shape index (κ2) is 5.03. The number of ether oxygens (including phenoxy) is 1. The van der Waals surface area contributed by atoms with Gasteiger partial charge in [-0.2, -0.15) is 0 Å². The number of rotatable bonds is 4. The van der Waals surface area contributed by atoms with Gasteiger partial charge in [-0.05, 0) is 25.3 Å². The fraction of sp³-hybridized carbons (Fsp3) is 0.500. The maximum absolute atomic E-state index is 5.34. The summed E-state index contributed by atoms with van der Waals surface area (Å²) in [6.07, 6.45) is 2.46. The molecular weight excluding hydrogens is 160 g/mol. The van der Waals surface area contributed by atoms with Crippen molar-refractivity contribution in [1.29, 1.82) is 0 Å². The minimum absolute atomic E-state index is 0.363. The van der Waals surface area contributed by atoms with Crippen LogP contribution in [0.3, 0.4) is 0 Å². The maximum atomic E-state index is 5.34. The summed E-state index contributed by atoms with van der Waals surface area (Å²) in [5.41, 5.74) is 2.69. The van der Waals surface area contributed by atoms with Gasteiger partial charge in [0.05, 0.1) is 6.10 Å². The first-order valence-corrected chi connectivity index (χ1v) is 4.84. The van der Waals surface area contributed by atoms with E-state index in [0.717, 1.165) is 12.8 Å². The molecule has 72 valence electrons. The van der Waals surface area contributed by atoms with E-state index in [2.05, 4.69) is 38.1 Å². The van der Waals surface area contributed by atoms with E-state index < -0.39 is 0 Å². The molecule has 0 amide bonds. The van der Waals surface area contributed by atoms with Gasteiger partial charge >= 0.3 is 0 Å². The molecule has 13 heavy (non-hydrogen) atoms. The summed E-state index contributed by atoms with van der Waals surface area (Å²) in [6, 6.07) is 8.61. The first-order valence-electron chi connectivity index (χ1n) is 4.84. The Bertz CT molecular complexity index is 251. The van der Waals surface area contributed by atoms with Crippen molar-refractivity contribution in [2.75, 3.05) is 7.11 Å². The van der Waals surface area contributed by atoms with Crippen LogP contribution in [0.25, 0.3) is 0 Å². The lowest BCUT2D eigenvalue weighted by Crippen LogP contribution is -2.12. The Balaban J connectivity index is 2.62. The maximum Gasteiger partial charge on any atom is 0.0609 e. The van der Waals surface area contributed by atoms with Gasteiger partial charge in [-0.1, -0.05) is 36.8 Å². The van der Waals surface area contributed by atoms with Crippen LogP contribution in [-0.4, -0.2) is 13.2 Å².